The molecule has 0 bridgehead atoms. The van der Waals surface area contributed by atoms with Crippen LogP contribution >= 0.6 is 15.9 Å². The number of methoxy groups -OCH3 is 1. The van der Waals surface area contributed by atoms with Crippen molar-refractivity contribution in [1.82, 2.24) is 0 Å². The van der Waals surface area contributed by atoms with Crippen molar-refractivity contribution in [2.75, 3.05) is 7.11 Å². The van der Waals surface area contributed by atoms with Crippen LogP contribution < -0.4 is 0 Å². The Kier molecular flexibility index (Phi) is 4.40. The summed E-state index contributed by atoms with van der Waals surface area (Å²) in [5.74, 6) is -0.671. The molecule has 0 aliphatic heterocycles. The van der Waals surface area contributed by atoms with E-state index in [0.29, 0.717) is 0 Å². The Hall–Kier alpha value is -2.30. The van der Waals surface area contributed by atoms with Crippen LogP contribution in [0.4, 0.5) is 0 Å². The first-order valence-electron chi connectivity index (χ1n) is 5.69. The Balaban J connectivity index is 2.66. The zero-order valence-electron chi connectivity index (χ0n) is 10.6. The second kappa shape index (κ2) is 6.23. The van der Waals surface area contributed by atoms with Crippen LogP contribution in [-0.2, 0) is 9.53 Å². The number of carbonyl (C=O) groups excluding carboxylic acids is 1. The van der Waals surface area contributed by atoms with Gasteiger partial charge in [-0.15, -0.1) is 0 Å². The number of nitrogens with zero attached hydrogens (tertiary/aromatic N) is 3. The molecule has 2 aromatic carbocycles. The third kappa shape index (κ3) is 2.82. The van der Waals surface area contributed by atoms with E-state index in [1.807, 2.05) is 36.4 Å². The number of carbonyl (C=O) groups is 1. The van der Waals surface area contributed by atoms with Gasteiger partial charge in [0.1, 0.15) is 5.70 Å². The Morgan fingerprint density at radius 2 is 2.00 bits per heavy atom. The molecule has 20 heavy (non-hydrogen) atoms. The van der Waals surface area contributed by atoms with Crippen molar-refractivity contribution in [2.45, 2.75) is 0 Å². The highest BCUT2D eigenvalue weighted by atomic mass is 79.9. The molecule has 0 heterocycles. The summed E-state index contributed by atoms with van der Waals surface area (Å²) in [6.45, 7) is 0. The fourth-order valence-electron chi connectivity index (χ4n) is 1.84. The normalized spacial score (nSPS) is 11.0. The fraction of sp³-hybridized carbons (Fsp3) is 0.0714. The van der Waals surface area contributed by atoms with Gasteiger partial charge in [0.25, 0.3) is 0 Å². The average molecular weight is 332 g/mol. The lowest BCUT2D eigenvalue weighted by molar-refractivity contribution is -0.136. The van der Waals surface area contributed by atoms with Gasteiger partial charge in [-0.25, -0.2) is 4.79 Å². The largest absolute Gasteiger partial charge is 0.466 e. The molecule has 0 aromatic heterocycles. The molecule has 0 N–H and O–H groups in total. The number of fused-ring (bicyclic) bond motifs is 1. The van der Waals surface area contributed by atoms with Crippen molar-refractivity contribution in [3.8, 4) is 0 Å². The second-order valence-corrected chi connectivity index (χ2v) is 4.75. The van der Waals surface area contributed by atoms with E-state index in [1.54, 1.807) is 0 Å². The quantitative estimate of drug-likeness (QED) is 0.274. The number of ether oxygens (including phenoxy) is 1. The Bertz CT molecular complexity index is 749. The standard InChI is InChI=1S/C14H10BrN3O2/c1-20-14(19)13(17-18-16)8-9-6-7-12(15)11-5-3-2-4-10(9)11/h2-8H,1H3/b13-8-. The molecule has 0 saturated heterocycles. The average Bonchev–Trinajstić information content (AvgIpc) is 2.49. The van der Waals surface area contributed by atoms with Gasteiger partial charge in [0.15, 0.2) is 0 Å². The van der Waals surface area contributed by atoms with E-state index in [2.05, 4.69) is 30.7 Å². The van der Waals surface area contributed by atoms with Gasteiger partial charge >= 0.3 is 5.97 Å². The fourth-order valence-corrected chi connectivity index (χ4v) is 2.32. The lowest BCUT2D eigenvalue weighted by atomic mass is 10.0. The predicted octanol–water partition coefficient (Wildman–Crippen LogP) is 4.43. The molecular formula is C14H10BrN3O2. The van der Waals surface area contributed by atoms with Crippen LogP contribution in [0.1, 0.15) is 5.56 Å². The first-order valence-corrected chi connectivity index (χ1v) is 6.49. The van der Waals surface area contributed by atoms with Gasteiger partial charge in [0, 0.05) is 9.38 Å². The van der Waals surface area contributed by atoms with Crippen molar-refractivity contribution in [2.24, 2.45) is 5.11 Å². The second-order valence-electron chi connectivity index (χ2n) is 3.89. The molecule has 0 atom stereocenters. The van der Waals surface area contributed by atoms with Gasteiger partial charge in [0.2, 0.25) is 0 Å². The first kappa shape index (κ1) is 14.1. The van der Waals surface area contributed by atoms with Crippen molar-refractivity contribution >= 4 is 38.7 Å². The van der Waals surface area contributed by atoms with Crippen molar-refractivity contribution in [3.05, 3.63) is 62.6 Å². The molecule has 5 nitrogen and oxygen atoms in total. The SMILES string of the molecule is COC(=O)/C(=C/c1ccc(Br)c2ccccc12)N=[N+]=[N-]. The van der Waals surface area contributed by atoms with E-state index < -0.39 is 5.97 Å². The molecule has 0 aliphatic rings. The van der Waals surface area contributed by atoms with Gasteiger partial charge < -0.3 is 4.74 Å². The number of hydrogen-bond acceptors (Lipinski definition) is 3. The van der Waals surface area contributed by atoms with Crippen LogP contribution in [0.5, 0.6) is 0 Å². The number of esters is 1. The van der Waals surface area contributed by atoms with E-state index in [0.717, 1.165) is 20.8 Å². The monoisotopic (exact) mass is 331 g/mol. The maximum absolute atomic E-state index is 11.5. The summed E-state index contributed by atoms with van der Waals surface area (Å²) >= 11 is 3.48. The first-order chi connectivity index (χ1) is 9.67. The molecule has 0 amide bonds. The minimum Gasteiger partial charge on any atom is -0.466 e. The van der Waals surface area contributed by atoms with E-state index in [4.69, 9.17) is 5.53 Å². The summed E-state index contributed by atoms with van der Waals surface area (Å²) in [5, 5.41) is 5.32. The summed E-state index contributed by atoms with van der Waals surface area (Å²) in [6.07, 6.45) is 1.51. The number of hydrogen-bond donors (Lipinski definition) is 0. The Morgan fingerprint density at radius 3 is 2.65 bits per heavy atom. The van der Waals surface area contributed by atoms with Crippen molar-refractivity contribution in [1.29, 1.82) is 0 Å². The molecule has 0 unspecified atom stereocenters. The molecule has 0 radical (unpaired) electrons. The van der Waals surface area contributed by atoms with Gasteiger partial charge in [-0.3, -0.25) is 0 Å². The summed E-state index contributed by atoms with van der Waals surface area (Å²) < 4.78 is 5.54. The van der Waals surface area contributed by atoms with Crippen LogP contribution in [0.15, 0.2) is 51.7 Å². The molecule has 2 aromatic rings. The molecule has 0 aliphatic carbocycles. The van der Waals surface area contributed by atoms with Gasteiger partial charge in [-0.1, -0.05) is 51.4 Å². The van der Waals surface area contributed by atoms with E-state index in [1.165, 1.54) is 13.2 Å². The molecule has 0 spiro atoms. The number of halogens is 1. The van der Waals surface area contributed by atoms with Crippen LogP contribution in [-0.4, -0.2) is 13.1 Å². The van der Waals surface area contributed by atoms with E-state index in [9.17, 15) is 4.79 Å². The van der Waals surface area contributed by atoms with Crippen LogP contribution in [0.25, 0.3) is 27.3 Å². The molecule has 100 valence electrons. The summed E-state index contributed by atoms with van der Waals surface area (Å²) in [7, 11) is 1.24. The summed E-state index contributed by atoms with van der Waals surface area (Å²) in [6, 6.07) is 11.4. The zero-order chi connectivity index (χ0) is 14.5. The highest BCUT2D eigenvalue weighted by molar-refractivity contribution is 9.10. The molecular weight excluding hydrogens is 322 g/mol. The lowest BCUT2D eigenvalue weighted by Crippen LogP contribution is -2.02. The topological polar surface area (TPSA) is 75.1 Å². The van der Waals surface area contributed by atoms with Gasteiger partial charge in [-0.2, -0.15) is 0 Å². The minimum absolute atomic E-state index is 0.0810. The van der Waals surface area contributed by atoms with Crippen LogP contribution in [0.3, 0.4) is 0 Å². The maximum atomic E-state index is 11.5. The van der Waals surface area contributed by atoms with E-state index in [-0.39, 0.29) is 5.70 Å². The van der Waals surface area contributed by atoms with Gasteiger partial charge in [0.05, 0.1) is 7.11 Å². The summed E-state index contributed by atoms with van der Waals surface area (Å²) in [4.78, 5) is 14.2. The maximum Gasteiger partial charge on any atom is 0.340 e. The number of rotatable bonds is 3. The number of azide groups is 1. The van der Waals surface area contributed by atoms with Crippen molar-refractivity contribution in [3.63, 3.8) is 0 Å². The molecule has 0 saturated carbocycles. The van der Waals surface area contributed by atoms with Gasteiger partial charge in [-0.05, 0) is 34.0 Å². The minimum atomic E-state index is -0.671. The van der Waals surface area contributed by atoms with Crippen LogP contribution in [0.2, 0.25) is 0 Å². The molecule has 0 fully saturated rings. The highest BCUT2D eigenvalue weighted by Crippen LogP contribution is 2.28. The Morgan fingerprint density at radius 1 is 1.30 bits per heavy atom. The molecule has 6 heteroatoms. The van der Waals surface area contributed by atoms with Crippen molar-refractivity contribution < 1.29 is 9.53 Å². The smallest absolute Gasteiger partial charge is 0.340 e. The summed E-state index contributed by atoms with van der Waals surface area (Å²) in [5.41, 5.74) is 9.21. The zero-order valence-corrected chi connectivity index (χ0v) is 12.2. The Labute approximate surface area is 123 Å². The lowest BCUT2D eigenvalue weighted by Gasteiger charge is -2.05. The third-order valence-electron chi connectivity index (χ3n) is 2.74. The third-order valence-corrected chi connectivity index (χ3v) is 3.44. The highest BCUT2D eigenvalue weighted by Gasteiger charge is 2.09. The predicted molar refractivity (Wildman–Crippen MR) is 80.8 cm³/mol. The van der Waals surface area contributed by atoms with E-state index >= 15 is 0 Å². The number of benzene rings is 2. The molecule has 2 rings (SSSR count). The van der Waals surface area contributed by atoms with Crippen LogP contribution in [0, 0.1) is 0 Å².